The molecular formula is C22H15Cl2NO3. The Balaban J connectivity index is 1.63. The Morgan fingerprint density at radius 1 is 1.04 bits per heavy atom. The number of halogens is 2. The lowest BCUT2D eigenvalue weighted by molar-refractivity contribution is -0.111. The van der Waals surface area contributed by atoms with E-state index in [1.165, 1.54) is 6.08 Å². The van der Waals surface area contributed by atoms with Gasteiger partial charge in [0.05, 0.1) is 12.8 Å². The molecule has 3 aromatic carbocycles. The highest BCUT2D eigenvalue weighted by Gasteiger charge is 2.13. The first-order valence-electron chi connectivity index (χ1n) is 8.48. The van der Waals surface area contributed by atoms with Crippen LogP contribution < -0.4 is 10.1 Å². The van der Waals surface area contributed by atoms with Crippen LogP contribution in [0.3, 0.4) is 0 Å². The largest absolute Gasteiger partial charge is 0.495 e. The van der Waals surface area contributed by atoms with Crippen molar-refractivity contribution in [1.29, 1.82) is 0 Å². The minimum atomic E-state index is -0.320. The van der Waals surface area contributed by atoms with Gasteiger partial charge in [-0.1, -0.05) is 47.5 Å². The molecule has 0 aliphatic heterocycles. The van der Waals surface area contributed by atoms with E-state index in [1.54, 1.807) is 37.5 Å². The smallest absolute Gasteiger partial charge is 0.248 e. The zero-order chi connectivity index (χ0) is 19.7. The monoisotopic (exact) mass is 411 g/mol. The molecule has 0 spiro atoms. The summed E-state index contributed by atoms with van der Waals surface area (Å²) >= 11 is 12.0. The number of anilines is 1. The molecule has 0 aliphatic carbocycles. The second-order valence-electron chi connectivity index (χ2n) is 6.14. The first-order chi connectivity index (χ1) is 13.5. The van der Waals surface area contributed by atoms with Crippen molar-refractivity contribution in [2.45, 2.75) is 0 Å². The number of furan rings is 1. The third-order valence-electron chi connectivity index (χ3n) is 4.33. The molecule has 0 unspecified atom stereocenters. The number of amides is 1. The number of methoxy groups -OCH3 is 1. The van der Waals surface area contributed by atoms with Crippen LogP contribution in [0.2, 0.25) is 10.0 Å². The van der Waals surface area contributed by atoms with Gasteiger partial charge in [0.15, 0.2) is 0 Å². The highest BCUT2D eigenvalue weighted by atomic mass is 35.5. The van der Waals surface area contributed by atoms with E-state index in [2.05, 4.69) is 5.32 Å². The lowest BCUT2D eigenvalue weighted by atomic mass is 10.1. The van der Waals surface area contributed by atoms with Crippen molar-refractivity contribution in [3.63, 3.8) is 0 Å². The van der Waals surface area contributed by atoms with Crippen molar-refractivity contribution < 1.29 is 13.9 Å². The van der Waals surface area contributed by atoms with E-state index in [1.807, 2.05) is 30.3 Å². The number of hydrogen-bond donors (Lipinski definition) is 1. The van der Waals surface area contributed by atoms with Gasteiger partial charge in [0, 0.05) is 33.0 Å². The molecule has 0 bridgehead atoms. The van der Waals surface area contributed by atoms with Crippen LogP contribution in [0.1, 0.15) is 5.56 Å². The topological polar surface area (TPSA) is 51.5 Å². The fourth-order valence-electron chi connectivity index (χ4n) is 2.99. The summed E-state index contributed by atoms with van der Waals surface area (Å²) in [7, 11) is 1.56. The van der Waals surface area contributed by atoms with E-state index < -0.39 is 0 Å². The number of carbonyl (C=O) groups is 1. The van der Waals surface area contributed by atoms with Gasteiger partial charge in [0.2, 0.25) is 5.91 Å². The Morgan fingerprint density at radius 3 is 2.64 bits per heavy atom. The predicted molar refractivity (Wildman–Crippen MR) is 114 cm³/mol. The molecule has 1 heterocycles. The number of fused-ring (bicyclic) bond motifs is 3. The Kier molecular flexibility index (Phi) is 4.99. The number of carbonyl (C=O) groups excluding carboxylic acids is 1. The van der Waals surface area contributed by atoms with Crippen LogP contribution in [0.4, 0.5) is 5.69 Å². The van der Waals surface area contributed by atoms with Crippen LogP contribution in [-0.4, -0.2) is 13.0 Å². The van der Waals surface area contributed by atoms with Gasteiger partial charge in [-0.15, -0.1) is 0 Å². The Labute approximate surface area is 171 Å². The standard InChI is InChI=1S/C22H15Cl2NO3/c1-27-21-11-16-15-4-2-3-5-19(15)28-20(16)12-18(21)25-22(26)9-7-13-6-8-14(23)10-17(13)24/h2-12H,1H3,(H,25,26)/b9-7+. The summed E-state index contributed by atoms with van der Waals surface area (Å²) in [6.45, 7) is 0. The van der Waals surface area contributed by atoms with Crippen molar-refractivity contribution in [1.82, 2.24) is 0 Å². The molecule has 0 saturated heterocycles. The van der Waals surface area contributed by atoms with Crippen LogP contribution in [-0.2, 0) is 4.79 Å². The van der Waals surface area contributed by atoms with Crippen LogP contribution in [0.25, 0.3) is 28.0 Å². The lowest BCUT2D eigenvalue weighted by Crippen LogP contribution is -2.08. The van der Waals surface area contributed by atoms with Crippen LogP contribution in [0.15, 0.2) is 65.1 Å². The van der Waals surface area contributed by atoms with E-state index in [4.69, 9.17) is 32.4 Å². The van der Waals surface area contributed by atoms with Crippen molar-refractivity contribution in [2.75, 3.05) is 12.4 Å². The number of para-hydroxylation sites is 1. The summed E-state index contributed by atoms with van der Waals surface area (Å²) in [5, 5.41) is 5.74. The summed E-state index contributed by atoms with van der Waals surface area (Å²) in [5.74, 6) is 0.227. The van der Waals surface area contributed by atoms with Crippen LogP contribution in [0.5, 0.6) is 5.75 Å². The molecule has 4 nitrogen and oxygen atoms in total. The number of ether oxygens (including phenoxy) is 1. The number of rotatable bonds is 4. The maximum absolute atomic E-state index is 12.4. The van der Waals surface area contributed by atoms with Gasteiger partial charge in [-0.05, 0) is 35.9 Å². The van der Waals surface area contributed by atoms with Crippen molar-refractivity contribution in [3.8, 4) is 5.75 Å². The molecule has 0 radical (unpaired) electrons. The van der Waals surface area contributed by atoms with E-state index >= 15 is 0 Å². The molecule has 1 amide bonds. The second-order valence-corrected chi connectivity index (χ2v) is 6.98. The molecular weight excluding hydrogens is 397 g/mol. The van der Waals surface area contributed by atoms with Gasteiger partial charge in [0.1, 0.15) is 16.9 Å². The van der Waals surface area contributed by atoms with Crippen LogP contribution >= 0.6 is 23.2 Å². The quantitative estimate of drug-likeness (QED) is 0.387. The summed E-state index contributed by atoms with van der Waals surface area (Å²) in [5.41, 5.74) is 2.66. The number of nitrogens with one attached hydrogen (secondary N) is 1. The van der Waals surface area contributed by atoms with E-state index in [0.717, 1.165) is 16.4 Å². The Hall–Kier alpha value is -2.95. The molecule has 1 N–H and O–H groups in total. The maximum atomic E-state index is 12.4. The molecule has 1 aromatic heterocycles. The zero-order valence-electron chi connectivity index (χ0n) is 14.8. The van der Waals surface area contributed by atoms with Crippen LogP contribution in [0, 0.1) is 0 Å². The molecule has 0 aliphatic rings. The SMILES string of the molecule is COc1cc2c(cc1NC(=O)/C=C/c1ccc(Cl)cc1Cl)oc1ccccc12. The van der Waals surface area contributed by atoms with Crippen molar-refractivity contribution in [2.24, 2.45) is 0 Å². The fourth-order valence-corrected chi connectivity index (χ4v) is 3.47. The van der Waals surface area contributed by atoms with Gasteiger partial charge in [0.25, 0.3) is 0 Å². The van der Waals surface area contributed by atoms with E-state index in [-0.39, 0.29) is 5.91 Å². The first kappa shape index (κ1) is 18.4. The van der Waals surface area contributed by atoms with Gasteiger partial charge in [-0.3, -0.25) is 4.79 Å². The summed E-state index contributed by atoms with van der Waals surface area (Å²) in [4.78, 5) is 12.4. The average molecular weight is 412 g/mol. The number of benzene rings is 3. The normalized spacial score (nSPS) is 11.4. The zero-order valence-corrected chi connectivity index (χ0v) is 16.3. The highest BCUT2D eigenvalue weighted by Crippen LogP contribution is 2.36. The van der Waals surface area contributed by atoms with Gasteiger partial charge < -0.3 is 14.5 Å². The predicted octanol–water partition coefficient (Wildman–Crippen LogP) is 6.55. The highest BCUT2D eigenvalue weighted by molar-refractivity contribution is 6.35. The molecule has 4 rings (SSSR count). The third-order valence-corrected chi connectivity index (χ3v) is 4.90. The van der Waals surface area contributed by atoms with Crippen molar-refractivity contribution >= 4 is 62.8 Å². The summed E-state index contributed by atoms with van der Waals surface area (Å²) in [6, 6.07) is 16.4. The Morgan fingerprint density at radius 2 is 1.86 bits per heavy atom. The maximum Gasteiger partial charge on any atom is 0.248 e. The first-order valence-corrected chi connectivity index (χ1v) is 9.24. The summed E-state index contributed by atoms with van der Waals surface area (Å²) < 4.78 is 11.3. The van der Waals surface area contributed by atoms with Crippen molar-refractivity contribution in [3.05, 3.63) is 76.3 Å². The number of hydrogen-bond acceptors (Lipinski definition) is 3. The molecule has 6 heteroatoms. The fraction of sp³-hybridized carbons (Fsp3) is 0.0455. The minimum Gasteiger partial charge on any atom is -0.495 e. The molecule has 0 saturated carbocycles. The summed E-state index contributed by atoms with van der Waals surface area (Å²) in [6.07, 6.45) is 3.03. The Bertz CT molecular complexity index is 1230. The minimum absolute atomic E-state index is 0.320. The molecule has 0 fully saturated rings. The molecule has 28 heavy (non-hydrogen) atoms. The van der Waals surface area contributed by atoms with Gasteiger partial charge >= 0.3 is 0 Å². The molecule has 140 valence electrons. The van der Waals surface area contributed by atoms with Gasteiger partial charge in [-0.2, -0.15) is 0 Å². The molecule has 0 atom stereocenters. The van der Waals surface area contributed by atoms with E-state index in [9.17, 15) is 4.79 Å². The second kappa shape index (κ2) is 7.58. The average Bonchev–Trinajstić information content (AvgIpc) is 3.04. The van der Waals surface area contributed by atoms with Gasteiger partial charge in [-0.25, -0.2) is 0 Å². The third kappa shape index (κ3) is 3.57. The molecule has 4 aromatic rings. The lowest BCUT2D eigenvalue weighted by Gasteiger charge is -2.09. The van der Waals surface area contributed by atoms with E-state index in [0.29, 0.717) is 32.6 Å².